The molecule has 1 saturated heterocycles. The van der Waals surface area contributed by atoms with Crippen LogP contribution in [0.2, 0.25) is 0 Å². The van der Waals surface area contributed by atoms with Crippen molar-refractivity contribution in [3.05, 3.63) is 12.7 Å². The van der Waals surface area contributed by atoms with E-state index < -0.39 is 66.5 Å². The summed E-state index contributed by atoms with van der Waals surface area (Å²) >= 11 is 0. The fraction of sp³-hybridized carbons (Fsp3) is 0.632. The van der Waals surface area contributed by atoms with Crippen LogP contribution in [0.1, 0.15) is 41.0 Å². The third-order valence-electron chi connectivity index (χ3n) is 4.27. The van der Waals surface area contributed by atoms with E-state index in [1.807, 2.05) is 0 Å². The van der Waals surface area contributed by atoms with E-state index in [2.05, 4.69) is 6.58 Å². The highest BCUT2D eigenvalue weighted by atomic mass is 16.7. The Labute approximate surface area is 173 Å². The molecule has 0 aromatic heterocycles. The summed E-state index contributed by atoms with van der Waals surface area (Å²) < 4.78 is 21.1. The van der Waals surface area contributed by atoms with E-state index in [0.29, 0.717) is 4.90 Å². The molecule has 11 nitrogen and oxygen atoms in total. The lowest BCUT2D eigenvalue weighted by atomic mass is 9.86. The molecule has 1 aliphatic rings. The van der Waals surface area contributed by atoms with Gasteiger partial charge in [0.25, 0.3) is 0 Å². The molecule has 1 fully saturated rings. The molecule has 0 radical (unpaired) electrons. The number of aliphatic hydroxyl groups is 1. The summed E-state index contributed by atoms with van der Waals surface area (Å²) in [6, 6.07) is -1.58. The van der Waals surface area contributed by atoms with Crippen LogP contribution in [0, 0.1) is 0 Å². The highest BCUT2D eigenvalue weighted by Gasteiger charge is 2.60. The SMILES string of the molecule is C=CC[C@]1(O)O[C@H](COC(C)=O)[C@H](OC(C)=O)[C@H](OC(C)=O)[C@H]1N(C(C)=O)C(C)=O. The lowest BCUT2D eigenvalue weighted by molar-refractivity contribution is -0.331. The van der Waals surface area contributed by atoms with E-state index in [1.54, 1.807) is 0 Å². The Hall–Kier alpha value is -2.79. The van der Waals surface area contributed by atoms with Crippen molar-refractivity contribution in [1.29, 1.82) is 0 Å². The summed E-state index contributed by atoms with van der Waals surface area (Å²) in [5, 5.41) is 11.3. The van der Waals surface area contributed by atoms with Gasteiger partial charge in [-0.15, -0.1) is 6.58 Å². The molecule has 0 saturated carbocycles. The molecular formula is C19H27NO10. The van der Waals surface area contributed by atoms with Crippen molar-refractivity contribution < 1.29 is 48.0 Å². The van der Waals surface area contributed by atoms with Gasteiger partial charge in [-0.25, -0.2) is 0 Å². The molecule has 0 aromatic carbocycles. The zero-order valence-corrected chi connectivity index (χ0v) is 17.6. The maximum absolute atomic E-state index is 12.2. The molecule has 0 unspecified atom stereocenters. The lowest BCUT2D eigenvalue weighted by Crippen LogP contribution is -2.72. The first-order valence-corrected chi connectivity index (χ1v) is 9.13. The molecule has 30 heavy (non-hydrogen) atoms. The second kappa shape index (κ2) is 10.3. The Kier molecular flexibility index (Phi) is 8.67. The number of amides is 2. The summed E-state index contributed by atoms with van der Waals surface area (Å²) in [5.74, 6) is -6.11. The number of esters is 3. The van der Waals surface area contributed by atoms with E-state index in [9.17, 15) is 29.1 Å². The van der Waals surface area contributed by atoms with Crippen LogP contribution in [0.3, 0.4) is 0 Å². The van der Waals surface area contributed by atoms with Crippen molar-refractivity contribution in [2.24, 2.45) is 0 Å². The maximum atomic E-state index is 12.2. The number of carbonyl (C=O) groups excluding carboxylic acids is 5. The van der Waals surface area contributed by atoms with Crippen molar-refractivity contribution in [3.63, 3.8) is 0 Å². The van der Waals surface area contributed by atoms with Gasteiger partial charge in [0.1, 0.15) is 18.8 Å². The minimum Gasteiger partial charge on any atom is -0.463 e. The molecule has 168 valence electrons. The van der Waals surface area contributed by atoms with Gasteiger partial charge in [0.05, 0.1) is 0 Å². The van der Waals surface area contributed by atoms with Gasteiger partial charge in [-0.05, 0) is 0 Å². The van der Waals surface area contributed by atoms with E-state index in [0.717, 1.165) is 34.6 Å². The Bertz CT molecular complexity index is 706. The molecule has 0 bridgehead atoms. The van der Waals surface area contributed by atoms with Crippen LogP contribution in [0.25, 0.3) is 0 Å². The van der Waals surface area contributed by atoms with E-state index in [-0.39, 0.29) is 6.42 Å². The van der Waals surface area contributed by atoms with Crippen LogP contribution in [0.5, 0.6) is 0 Å². The predicted octanol–water partition coefficient (Wildman–Crippen LogP) is -0.160. The van der Waals surface area contributed by atoms with Crippen molar-refractivity contribution in [2.45, 2.75) is 71.2 Å². The van der Waals surface area contributed by atoms with Crippen LogP contribution < -0.4 is 0 Å². The van der Waals surface area contributed by atoms with Gasteiger partial charge in [-0.2, -0.15) is 0 Å². The molecule has 0 spiro atoms. The van der Waals surface area contributed by atoms with Crippen molar-refractivity contribution in [3.8, 4) is 0 Å². The van der Waals surface area contributed by atoms with Gasteiger partial charge in [0, 0.05) is 41.0 Å². The number of hydrogen-bond acceptors (Lipinski definition) is 10. The van der Waals surface area contributed by atoms with E-state index >= 15 is 0 Å². The van der Waals surface area contributed by atoms with Gasteiger partial charge in [-0.3, -0.25) is 28.9 Å². The third kappa shape index (κ3) is 6.10. The van der Waals surface area contributed by atoms with Gasteiger partial charge in [0.15, 0.2) is 18.0 Å². The summed E-state index contributed by atoms with van der Waals surface area (Å²) in [6.45, 7) is 8.51. The fourth-order valence-electron chi connectivity index (χ4n) is 3.37. The first kappa shape index (κ1) is 25.2. The molecule has 0 aromatic rings. The highest BCUT2D eigenvalue weighted by molar-refractivity contribution is 5.93. The number of ether oxygens (including phenoxy) is 4. The average Bonchev–Trinajstić information content (AvgIpc) is 2.57. The zero-order valence-electron chi connectivity index (χ0n) is 17.6. The Balaban J connectivity index is 3.65. The third-order valence-corrected chi connectivity index (χ3v) is 4.27. The monoisotopic (exact) mass is 429 g/mol. The van der Waals surface area contributed by atoms with Crippen LogP contribution in [0.15, 0.2) is 12.7 Å². The first-order valence-electron chi connectivity index (χ1n) is 9.13. The fourth-order valence-corrected chi connectivity index (χ4v) is 3.37. The molecule has 1 N–H and O–H groups in total. The van der Waals surface area contributed by atoms with Crippen LogP contribution in [-0.2, 0) is 42.9 Å². The minimum absolute atomic E-state index is 0.296. The zero-order chi connectivity index (χ0) is 23.2. The van der Waals surface area contributed by atoms with Crippen LogP contribution >= 0.6 is 0 Å². The van der Waals surface area contributed by atoms with Gasteiger partial charge in [0.2, 0.25) is 11.8 Å². The van der Waals surface area contributed by atoms with Gasteiger partial charge < -0.3 is 24.1 Å². The molecule has 1 aliphatic heterocycles. The molecule has 0 aliphatic carbocycles. The second-order valence-electron chi connectivity index (χ2n) is 6.80. The molecule has 11 heteroatoms. The van der Waals surface area contributed by atoms with Crippen molar-refractivity contribution in [1.82, 2.24) is 4.90 Å². The molecule has 1 rings (SSSR count). The number of rotatable bonds is 7. The Morgan fingerprint density at radius 1 is 0.967 bits per heavy atom. The van der Waals surface area contributed by atoms with E-state index in [1.165, 1.54) is 6.08 Å². The summed E-state index contributed by atoms with van der Waals surface area (Å²) in [4.78, 5) is 59.9. The van der Waals surface area contributed by atoms with Crippen LogP contribution in [0.4, 0.5) is 0 Å². The summed E-state index contributed by atoms with van der Waals surface area (Å²) in [5.41, 5.74) is 0. The first-order chi connectivity index (χ1) is 13.8. The summed E-state index contributed by atoms with van der Waals surface area (Å²) in [7, 11) is 0. The number of nitrogens with zero attached hydrogens (tertiary/aromatic N) is 1. The Morgan fingerprint density at radius 2 is 1.47 bits per heavy atom. The van der Waals surface area contributed by atoms with E-state index in [4.69, 9.17) is 18.9 Å². The minimum atomic E-state index is -2.28. The quantitative estimate of drug-likeness (QED) is 0.329. The normalized spacial score (nSPS) is 28.1. The molecule has 1 heterocycles. The molecular weight excluding hydrogens is 402 g/mol. The second-order valence-corrected chi connectivity index (χ2v) is 6.80. The largest absolute Gasteiger partial charge is 0.463 e. The number of hydrogen-bond donors (Lipinski definition) is 1. The lowest BCUT2D eigenvalue weighted by Gasteiger charge is -2.51. The van der Waals surface area contributed by atoms with Gasteiger partial charge in [-0.1, -0.05) is 6.08 Å². The predicted molar refractivity (Wildman–Crippen MR) is 99.4 cm³/mol. The van der Waals surface area contributed by atoms with Crippen LogP contribution in [-0.4, -0.2) is 76.5 Å². The average molecular weight is 429 g/mol. The smallest absolute Gasteiger partial charge is 0.303 e. The standard InChI is InChI=1S/C19H27NO10/c1-7-8-19(26)18(20(10(2)21)11(3)22)17(29-14(6)25)16(28-13(5)24)15(30-19)9-27-12(4)23/h7,15-18,26H,1,8-9H2,2-6H3/t15-,16+,17+,18-,19+/m1/s1. The maximum Gasteiger partial charge on any atom is 0.303 e. The number of carbonyl (C=O) groups is 5. The van der Waals surface area contributed by atoms with Crippen molar-refractivity contribution >= 4 is 29.7 Å². The van der Waals surface area contributed by atoms with Crippen molar-refractivity contribution in [2.75, 3.05) is 6.61 Å². The molecule has 2 amide bonds. The Morgan fingerprint density at radius 3 is 1.87 bits per heavy atom. The number of imide groups is 1. The van der Waals surface area contributed by atoms with Gasteiger partial charge >= 0.3 is 17.9 Å². The topological polar surface area (TPSA) is 146 Å². The highest BCUT2D eigenvalue weighted by Crippen LogP contribution is 2.38. The summed E-state index contributed by atoms with van der Waals surface area (Å²) in [6.07, 6.45) is -3.22. The molecule has 5 atom stereocenters.